The lowest BCUT2D eigenvalue weighted by Crippen LogP contribution is -2.22. The van der Waals surface area contributed by atoms with E-state index in [0.29, 0.717) is 0 Å². The minimum atomic E-state index is -4.19. The van der Waals surface area contributed by atoms with Crippen molar-refractivity contribution in [3.05, 3.63) is 0 Å². The number of carboxylic acids is 1. The number of aliphatic carboxylic acids is 1. The predicted molar refractivity (Wildman–Crippen MR) is 49.3 cm³/mol. The van der Waals surface area contributed by atoms with Crippen molar-refractivity contribution in [2.75, 3.05) is 6.54 Å². The summed E-state index contributed by atoms with van der Waals surface area (Å²) in [6.45, 7) is 1.56. The van der Waals surface area contributed by atoms with Gasteiger partial charge < -0.3 is 10.8 Å². The van der Waals surface area contributed by atoms with Gasteiger partial charge in [0.2, 0.25) is 0 Å². The first-order chi connectivity index (χ1) is 6.74. The Hall–Kier alpha value is -0.780. The van der Waals surface area contributed by atoms with E-state index in [1.807, 2.05) is 0 Å². The van der Waals surface area contributed by atoms with Crippen molar-refractivity contribution in [2.24, 2.45) is 17.6 Å². The largest absolute Gasteiger partial charge is 0.481 e. The van der Waals surface area contributed by atoms with Gasteiger partial charge in [0.1, 0.15) is 0 Å². The number of hydrogen-bond donors (Lipinski definition) is 2. The minimum absolute atomic E-state index is 0.106. The molecule has 2 unspecified atom stereocenters. The first kappa shape index (κ1) is 14.2. The van der Waals surface area contributed by atoms with E-state index >= 15 is 0 Å². The van der Waals surface area contributed by atoms with E-state index in [2.05, 4.69) is 0 Å². The zero-order valence-corrected chi connectivity index (χ0v) is 8.55. The van der Waals surface area contributed by atoms with Gasteiger partial charge in [0, 0.05) is 12.8 Å². The summed E-state index contributed by atoms with van der Waals surface area (Å²) in [7, 11) is 0. The molecule has 3 nitrogen and oxygen atoms in total. The molecular formula is C9H16F3NO2. The van der Waals surface area contributed by atoms with Crippen LogP contribution in [0.3, 0.4) is 0 Å². The van der Waals surface area contributed by atoms with Crippen LogP contribution in [-0.4, -0.2) is 23.8 Å². The molecule has 0 spiro atoms. The zero-order chi connectivity index (χ0) is 12.1. The molecule has 0 saturated carbocycles. The molecule has 0 aromatic heterocycles. The molecule has 0 heterocycles. The highest BCUT2D eigenvalue weighted by Crippen LogP contribution is 2.28. The number of nitrogens with two attached hydrogens (primary N) is 1. The van der Waals surface area contributed by atoms with E-state index in [1.165, 1.54) is 6.92 Å². The maximum Gasteiger partial charge on any atom is 0.389 e. The van der Waals surface area contributed by atoms with Gasteiger partial charge in [-0.25, -0.2) is 0 Å². The van der Waals surface area contributed by atoms with E-state index < -0.39 is 24.5 Å². The van der Waals surface area contributed by atoms with Gasteiger partial charge in [0.05, 0.1) is 0 Å². The van der Waals surface area contributed by atoms with Crippen LogP contribution < -0.4 is 5.73 Å². The molecule has 0 aliphatic rings. The van der Waals surface area contributed by atoms with E-state index in [4.69, 9.17) is 10.8 Å². The molecule has 0 aliphatic heterocycles. The van der Waals surface area contributed by atoms with Crippen molar-refractivity contribution >= 4 is 5.97 Å². The molecule has 0 rings (SSSR count). The highest BCUT2D eigenvalue weighted by molar-refractivity contribution is 5.67. The normalized spacial score (nSPS) is 16.1. The summed E-state index contributed by atoms with van der Waals surface area (Å²) in [4.78, 5) is 10.4. The van der Waals surface area contributed by atoms with Gasteiger partial charge in [-0.3, -0.25) is 4.79 Å². The number of rotatable bonds is 6. The van der Waals surface area contributed by atoms with E-state index in [1.54, 1.807) is 0 Å². The van der Waals surface area contributed by atoms with E-state index in [0.717, 1.165) is 0 Å². The molecule has 0 amide bonds. The lowest BCUT2D eigenvalue weighted by Gasteiger charge is -2.19. The number of carbonyl (C=O) groups is 1. The Morgan fingerprint density at radius 1 is 1.47 bits per heavy atom. The number of hydrogen-bond acceptors (Lipinski definition) is 2. The zero-order valence-electron chi connectivity index (χ0n) is 8.55. The topological polar surface area (TPSA) is 63.3 Å². The Labute approximate surface area is 86.5 Å². The molecule has 0 aliphatic carbocycles. The standard InChI is InChI=1S/C9H16F3NO2/c1-6(4-9(10,11)12)2-7(5-13)3-8(14)15/h6-7H,2-5,13H2,1H3,(H,14,15). The SMILES string of the molecule is CC(CC(CN)CC(=O)O)CC(F)(F)F. The fraction of sp³-hybridized carbons (Fsp3) is 0.889. The summed E-state index contributed by atoms with van der Waals surface area (Å²) in [5.74, 6) is -1.98. The second-order valence-electron chi connectivity index (χ2n) is 3.86. The first-order valence-corrected chi connectivity index (χ1v) is 4.73. The Bertz CT molecular complexity index is 206. The summed E-state index contributed by atoms with van der Waals surface area (Å²) in [6.07, 6.45) is -5.05. The monoisotopic (exact) mass is 227 g/mol. The molecule has 3 N–H and O–H groups in total. The molecule has 0 fully saturated rings. The minimum Gasteiger partial charge on any atom is -0.481 e. The van der Waals surface area contributed by atoms with Crippen molar-refractivity contribution in [3.8, 4) is 0 Å². The second kappa shape index (κ2) is 5.95. The quantitative estimate of drug-likeness (QED) is 0.729. The van der Waals surface area contributed by atoms with Crippen molar-refractivity contribution in [2.45, 2.75) is 32.4 Å². The predicted octanol–water partition coefficient (Wildman–Crippen LogP) is 2.01. The molecule has 6 heteroatoms. The third-order valence-electron chi connectivity index (χ3n) is 2.11. The van der Waals surface area contributed by atoms with Gasteiger partial charge in [-0.15, -0.1) is 0 Å². The second-order valence-corrected chi connectivity index (χ2v) is 3.86. The van der Waals surface area contributed by atoms with Crippen molar-refractivity contribution < 1.29 is 23.1 Å². The van der Waals surface area contributed by atoms with Crippen LogP contribution in [0.15, 0.2) is 0 Å². The molecule has 0 aromatic carbocycles. The van der Waals surface area contributed by atoms with Crippen molar-refractivity contribution in [1.29, 1.82) is 0 Å². The molecule has 90 valence electrons. The smallest absolute Gasteiger partial charge is 0.389 e. The van der Waals surface area contributed by atoms with Crippen LogP contribution >= 0.6 is 0 Å². The van der Waals surface area contributed by atoms with Gasteiger partial charge in [0.15, 0.2) is 0 Å². The molecule has 0 aromatic rings. The van der Waals surface area contributed by atoms with Gasteiger partial charge in [-0.2, -0.15) is 13.2 Å². The van der Waals surface area contributed by atoms with Crippen LogP contribution in [0.5, 0.6) is 0 Å². The van der Waals surface area contributed by atoms with Crippen LogP contribution in [0.2, 0.25) is 0 Å². The van der Waals surface area contributed by atoms with Gasteiger partial charge in [-0.1, -0.05) is 6.92 Å². The Morgan fingerprint density at radius 2 is 2.00 bits per heavy atom. The average molecular weight is 227 g/mol. The van der Waals surface area contributed by atoms with Gasteiger partial charge >= 0.3 is 12.1 Å². The van der Waals surface area contributed by atoms with Crippen LogP contribution in [0.25, 0.3) is 0 Å². The summed E-state index contributed by atoms with van der Waals surface area (Å²) < 4.78 is 35.9. The third-order valence-corrected chi connectivity index (χ3v) is 2.11. The maximum absolute atomic E-state index is 12.0. The lowest BCUT2D eigenvalue weighted by molar-refractivity contribution is -0.144. The summed E-state index contributed by atoms with van der Waals surface area (Å²) >= 11 is 0. The first-order valence-electron chi connectivity index (χ1n) is 4.73. The summed E-state index contributed by atoms with van der Waals surface area (Å²) in [5, 5.41) is 8.48. The third kappa shape index (κ3) is 8.23. The van der Waals surface area contributed by atoms with E-state index in [9.17, 15) is 18.0 Å². The number of carboxylic acid groups (broad SMARTS) is 1. The van der Waals surface area contributed by atoms with E-state index in [-0.39, 0.29) is 25.3 Å². The molecule has 0 radical (unpaired) electrons. The Kier molecular flexibility index (Phi) is 5.64. The molecule has 0 saturated heterocycles. The lowest BCUT2D eigenvalue weighted by atomic mass is 9.91. The van der Waals surface area contributed by atoms with Gasteiger partial charge in [-0.05, 0) is 24.8 Å². The fourth-order valence-electron chi connectivity index (χ4n) is 1.56. The summed E-state index contributed by atoms with van der Waals surface area (Å²) in [6, 6.07) is 0. The average Bonchev–Trinajstić information content (AvgIpc) is 1.98. The molecule has 15 heavy (non-hydrogen) atoms. The van der Waals surface area contributed by atoms with Crippen LogP contribution in [0.1, 0.15) is 26.2 Å². The van der Waals surface area contributed by atoms with Crippen molar-refractivity contribution in [1.82, 2.24) is 0 Å². The van der Waals surface area contributed by atoms with Crippen LogP contribution in [-0.2, 0) is 4.79 Å². The molecular weight excluding hydrogens is 211 g/mol. The number of halogens is 3. The van der Waals surface area contributed by atoms with Crippen molar-refractivity contribution in [3.63, 3.8) is 0 Å². The highest BCUT2D eigenvalue weighted by Gasteiger charge is 2.30. The van der Waals surface area contributed by atoms with Crippen LogP contribution in [0.4, 0.5) is 13.2 Å². The maximum atomic E-state index is 12.0. The number of alkyl halides is 3. The van der Waals surface area contributed by atoms with Crippen LogP contribution in [0, 0.1) is 11.8 Å². The summed E-state index contributed by atoms with van der Waals surface area (Å²) in [5.41, 5.74) is 5.29. The van der Waals surface area contributed by atoms with Gasteiger partial charge in [0.25, 0.3) is 0 Å². The molecule has 2 atom stereocenters. The Morgan fingerprint density at radius 3 is 2.33 bits per heavy atom. The Balaban J connectivity index is 4.01. The fourth-order valence-corrected chi connectivity index (χ4v) is 1.56. The molecule has 0 bridgehead atoms. The highest BCUT2D eigenvalue weighted by atomic mass is 19.4.